The SMILES string of the molecule is CCCc1cc(Cl)ccc1C1COc2ccc(C(CC(=O)OC(C)(C)C)C(=O)OC)cc2N(CC2CCC2C=O)C1. The number of ether oxygens (including phenoxy) is 3. The van der Waals surface area contributed by atoms with Gasteiger partial charge in [-0.15, -0.1) is 0 Å². The Bertz CT molecular complexity index is 1250. The van der Waals surface area contributed by atoms with E-state index in [-0.39, 0.29) is 24.2 Å². The fourth-order valence-corrected chi connectivity index (χ4v) is 6.06. The van der Waals surface area contributed by atoms with Crippen molar-refractivity contribution in [3.05, 3.63) is 58.1 Å². The van der Waals surface area contributed by atoms with E-state index in [0.717, 1.165) is 42.7 Å². The van der Waals surface area contributed by atoms with E-state index in [1.54, 1.807) is 20.8 Å². The van der Waals surface area contributed by atoms with Crippen LogP contribution < -0.4 is 9.64 Å². The first-order chi connectivity index (χ1) is 19.5. The Hall–Kier alpha value is -3.06. The van der Waals surface area contributed by atoms with Crippen molar-refractivity contribution >= 4 is 35.5 Å². The fourth-order valence-electron chi connectivity index (χ4n) is 5.86. The van der Waals surface area contributed by atoms with E-state index in [9.17, 15) is 14.4 Å². The zero-order valence-electron chi connectivity index (χ0n) is 24.8. The monoisotopic (exact) mass is 583 g/mol. The minimum absolute atomic E-state index is 0.0467. The zero-order valence-corrected chi connectivity index (χ0v) is 25.5. The summed E-state index contributed by atoms with van der Waals surface area (Å²) < 4.78 is 17.0. The van der Waals surface area contributed by atoms with Gasteiger partial charge in [0.15, 0.2) is 0 Å². The molecule has 2 aliphatic rings. The molecule has 0 spiro atoms. The molecule has 1 saturated carbocycles. The van der Waals surface area contributed by atoms with Crippen molar-refractivity contribution < 1.29 is 28.6 Å². The summed E-state index contributed by atoms with van der Waals surface area (Å²) in [4.78, 5) is 39.6. The van der Waals surface area contributed by atoms with E-state index < -0.39 is 23.5 Å². The Balaban J connectivity index is 1.70. The van der Waals surface area contributed by atoms with Crippen LogP contribution in [-0.2, 0) is 30.3 Å². The average molecular weight is 584 g/mol. The number of hydrogen-bond donors (Lipinski definition) is 0. The zero-order chi connectivity index (χ0) is 29.7. The third-order valence-corrected chi connectivity index (χ3v) is 8.29. The number of fused-ring (bicyclic) bond motifs is 1. The Labute approximate surface area is 248 Å². The van der Waals surface area contributed by atoms with Gasteiger partial charge in [-0.1, -0.05) is 37.1 Å². The maximum atomic E-state index is 12.9. The predicted octanol–water partition coefficient (Wildman–Crippen LogP) is 6.49. The molecule has 4 unspecified atom stereocenters. The maximum Gasteiger partial charge on any atom is 0.313 e. The molecule has 0 bridgehead atoms. The van der Waals surface area contributed by atoms with Gasteiger partial charge in [0, 0.05) is 29.9 Å². The highest BCUT2D eigenvalue weighted by Gasteiger charge is 2.36. The van der Waals surface area contributed by atoms with E-state index in [1.165, 1.54) is 18.2 Å². The minimum atomic E-state index is -0.820. The van der Waals surface area contributed by atoms with Crippen LogP contribution in [0, 0.1) is 11.8 Å². The second kappa shape index (κ2) is 13.3. The van der Waals surface area contributed by atoms with Crippen LogP contribution in [0.2, 0.25) is 5.02 Å². The van der Waals surface area contributed by atoms with E-state index in [0.29, 0.717) is 31.0 Å². The first-order valence-corrected chi connectivity index (χ1v) is 15.0. The molecule has 222 valence electrons. The van der Waals surface area contributed by atoms with Gasteiger partial charge in [-0.25, -0.2) is 0 Å². The van der Waals surface area contributed by atoms with Gasteiger partial charge in [-0.05, 0) is 86.9 Å². The van der Waals surface area contributed by atoms with E-state index >= 15 is 0 Å². The van der Waals surface area contributed by atoms with Crippen LogP contribution in [-0.4, -0.2) is 50.6 Å². The fraction of sp³-hybridized carbons (Fsp3) is 0.545. The molecule has 1 fully saturated rings. The lowest BCUT2D eigenvalue weighted by Crippen LogP contribution is -2.40. The number of nitrogens with zero attached hydrogens (tertiary/aromatic N) is 1. The number of methoxy groups -OCH3 is 1. The van der Waals surface area contributed by atoms with Gasteiger partial charge in [-0.3, -0.25) is 9.59 Å². The highest BCUT2D eigenvalue weighted by molar-refractivity contribution is 6.30. The maximum absolute atomic E-state index is 12.9. The number of anilines is 1. The summed E-state index contributed by atoms with van der Waals surface area (Å²) in [6.45, 7) is 9.42. The van der Waals surface area contributed by atoms with Gasteiger partial charge in [-0.2, -0.15) is 0 Å². The molecule has 0 aromatic heterocycles. The quantitative estimate of drug-likeness (QED) is 0.233. The van der Waals surface area contributed by atoms with Crippen LogP contribution in [0.15, 0.2) is 36.4 Å². The van der Waals surface area contributed by atoms with Crippen LogP contribution in [0.25, 0.3) is 0 Å². The lowest BCUT2D eigenvalue weighted by atomic mass is 9.74. The Kier molecular flexibility index (Phi) is 10.0. The molecule has 0 saturated heterocycles. The summed E-state index contributed by atoms with van der Waals surface area (Å²) in [5, 5.41) is 0.721. The van der Waals surface area contributed by atoms with Crippen molar-refractivity contribution in [1.82, 2.24) is 0 Å². The van der Waals surface area contributed by atoms with E-state index in [2.05, 4.69) is 17.9 Å². The third kappa shape index (κ3) is 7.62. The van der Waals surface area contributed by atoms with E-state index in [4.69, 9.17) is 25.8 Å². The van der Waals surface area contributed by atoms with Crippen LogP contribution in [0.4, 0.5) is 5.69 Å². The molecule has 4 rings (SSSR count). The van der Waals surface area contributed by atoms with Gasteiger partial charge in [0.1, 0.15) is 17.6 Å². The van der Waals surface area contributed by atoms with Crippen molar-refractivity contribution in [1.29, 1.82) is 0 Å². The number of rotatable bonds is 10. The summed E-state index contributed by atoms with van der Waals surface area (Å²) in [7, 11) is 1.32. The number of hydrogen-bond acceptors (Lipinski definition) is 7. The molecule has 1 heterocycles. The second-order valence-electron chi connectivity index (χ2n) is 12.2. The lowest BCUT2D eigenvalue weighted by molar-refractivity contribution is -0.158. The van der Waals surface area contributed by atoms with Crippen molar-refractivity contribution in [2.45, 2.75) is 77.2 Å². The third-order valence-electron chi connectivity index (χ3n) is 8.05. The number of aryl methyl sites for hydroxylation is 1. The number of esters is 2. The first-order valence-electron chi connectivity index (χ1n) is 14.6. The van der Waals surface area contributed by atoms with Crippen molar-refractivity contribution in [3.63, 3.8) is 0 Å². The molecule has 8 heteroatoms. The smallest absolute Gasteiger partial charge is 0.313 e. The second-order valence-corrected chi connectivity index (χ2v) is 12.7. The van der Waals surface area contributed by atoms with Gasteiger partial charge >= 0.3 is 11.9 Å². The van der Waals surface area contributed by atoms with Crippen LogP contribution in [0.5, 0.6) is 5.75 Å². The largest absolute Gasteiger partial charge is 0.491 e. The molecular weight excluding hydrogens is 542 g/mol. The number of halogens is 1. The molecule has 1 aliphatic carbocycles. The minimum Gasteiger partial charge on any atom is -0.491 e. The van der Waals surface area contributed by atoms with Gasteiger partial charge in [0.25, 0.3) is 0 Å². The topological polar surface area (TPSA) is 82.1 Å². The Morgan fingerprint density at radius 3 is 2.59 bits per heavy atom. The predicted molar refractivity (Wildman–Crippen MR) is 160 cm³/mol. The number of aldehydes is 1. The molecule has 7 nitrogen and oxygen atoms in total. The summed E-state index contributed by atoms with van der Waals surface area (Å²) >= 11 is 6.36. The van der Waals surface area contributed by atoms with Crippen LogP contribution in [0.1, 0.15) is 81.9 Å². The molecule has 0 amide bonds. The number of carbonyl (C=O) groups excluding carboxylic acids is 3. The van der Waals surface area contributed by atoms with E-state index in [1.807, 2.05) is 30.3 Å². The summed E-state index contributed by atoms with van der Waals surface area (Å²) in [5.74, 6) is -0.694. The van der Waals surface area contributed by atoms with Gasteiger partial charge < -0.3 is 23.9 Å². The average Bonchev–Trinajstić information content (AvgIpc) is 3.08. The summed E-state index contributed by atoms with van der Waals surface area (Å²) in [6.07, 6.45) is 4.77. The van der Waals surface area contributed by atoms with Gasteiger partial charge in [0.05, 0.1) is 31.7 Å². The molecule has 2 aromatic carbocycles. The van der Waals surface area contributed by atoms with Crippen molar-refractivity contribution in [3.8, 4) is 5.75 Å². The van der Waals surface area contributed by atoms with Gasteiger partial charge in [0.2, 0.25) is 0 Å². The molecule has 1 aliphatic heterocycles. The molecular formula is C33H42ClNO6. The molecule has 41 heavy (non-hydrogen) atoms. The molecule has 0 radical (unpaired) electrons. The number of carbonyl (C=O) groups is 3. The standard InChI is InChI=1S/C33H42ClNO6/c1-6-7-21-14-26(34)11-12-27(21)25-18-35(17-23-8-9-24(23)19-36)29-15-22(10-13-30(29)40-20-25)28(32(38)39-5)16-31(37)41-33(2,3)4/h10-15,19,23-25,28H,6-9,16-18,20H2,1-5H3. The Morgan fingerprint density at radius 2 is 1.95 bits per heavy atom. The van der Waals surface area contributed by atoms with Crippen LogP contribution >= 0.6 is 11.6 Å². The first kappa shape index (κ1) is 30.9. The molecule has 2 aromatic rings. The Morgan fingerprint density at radius 1 is 1.17 bits per heavy atom. The summed E-state index contributed by atoms with van der Waals surface area (Å²) in [6, 6.07) is 11.7. The highest BCUT2D eigenvalue weighted by atomic mass is 35.5. The van der Waals surface area contributed by atoms with Crippen molar-refractivity contribution in [2.75, 3.05) is 31.7 Å². The molecule has 4 atom stereocenters. The number of benzene rings is 2. The highest BCUT2D eigenvalue weighted by Crippen LogP contribution is 2.42. The summed E-state index contributed by atoms with van der Waals surface area (Å²) in [5.41, 5.74) is 3.28. The lowest BCUT2D eigenvalue weighted by Gasteiger charge is -2.38. The normalized spacial score (nSPS) is 21.0. The van der Waals surface area contributed by atoms with Crippen LogP contribution in [0.3, 0.4) is 0 Å². The van der Waals surface area contributed by atoms with Crippen molar-refractivity contribution in [2.24, 2.45) is 11.8 Å². The molecule has 0 N–H and O–H groups in total.